The highest BCUT2D eigenvalue weighted by molar-refractivity contribution is 9.10. The molecule has 0 saturated heterocycles. The summed E-state index contributed by atoms with van der Waals surface area (Å²) in [6, 6.07) is 2.71. The lowest BCUT2D eigenvalue weighted by molar-refractivity contribution is 0.0911. The third-order valence-electron chi connectivity index (χ3n) is 2.85. The molecule has 0 bridgehead atoms. The molecule has 1 N–H and O–H groups in total. The maximum absolute atomic E-state index is 12.2. The highest BCUT2D eigenvalue weighted by atomic mass is 79.9. The van der Waals surface area contributed by atoms with Crippen molar-refractivity contribution in [1.82, 2.24) is 5.32 Å². The third-order valence-corrected chi connectivity index (χ3v) is 5.17. The monoisotopic (exact) mass is 401 g/mol. The third kappa shape index (κ3) is 4.35. The molecule has 20 heavy (non-hydrogen) atoms. The van der Waals surface area contributed by atoms with Crippen molar-refractivity contribution in [3.63, 3.8) is 0 Å². The van der Waals surface area contributed by atoms with Crippen molar-refractivity contribution in [2.75, 3.05) is 0 Å². The van der Waals surface area contributed by atoms with Gasteiger partial charge < -0.3 is 5.32 Å². The molecule has 1 rings (SSSR count). The summed E-state index contributed by atoms with van der Waals surface area (Å²) in [7, 11) is 1.28. The van der Waals surface area contributed by atoms with Crippen LogP contribution in [0.25, 0.3) is 0 Å². The summed E-state index contributed by atoms with van der Waals surface area (Å²) in [4.78, 5) is 11.9. The van der Waals surface area contributed by atoms with E-state index < -0.39 is 20.5 Å². The minimum absolute atomic E-state index is 0.0572. The van der Waals surface area contributed by atoms with Crippen molar-refractivity contribution in [3.8, 4) is 0 Å². The molecular formula is C12H14BrCl2NO3S. The Morgan fingerprint density at radius 2 is 1.95 bits per heavy atom. The number of rotatable bonds is 4. The zero-order chi connectivity index (χ0) is 15.7. The minimum Gasteiger partial charge on any atom is -0.347 e. The molecule has 8 heteroatoms. The summed E-state index contributed by atoms with van der Waals surface area (Å²) >= 11 is 9.13. The first-order chi connectivity index (χ1) is 8.98. The summed E-state index contributed by atoms with van der Waals surface area (Å²) in [5.41, 5.74) is -0.371. The fourth-order valence-corrected chi connectivity index (χ4v) is 3.55. The minimum atomic E-state index is -4.03. The van der Waals surface area contributed by atoms with Crippen molar-refractivity contribution >= 4 is 53.2 Å². The molecule has 0 spiro atoms. The number of nitrogens with one attached hydrogen (secondary N) is 1. The number of hydrogen-bond acceptors (Lipinski definition) is 3. The molecule has 0 radical (unpaired) electrons. The van der Waals surface area contributed by atoms with Crippen LogP contribution in [-0.4, -0.2) is 19.9 Å². The van der Waals surface area contributed by atoms with Gasteiger partial charge in [-0.15, -0.1) is 0 Å². The molecule has 0 saturated carbocycles. The van der Waals surface area contributed by atoms with Crippen LogP contribution in [-0.2, 0) is 9.05 Å². The van der Waals surface area contributed by atoms with Gasteiger partial charge in [-0.3, -0.25) is 4.79 Å². The van der Waals surface area contributed by atoms with Crippen molar-refractivity contribution < 1.29 is 13.2 Å². The van der Waals surface area contributed by atoms with E-state index in [4.69, 9.17) is 22.3 Å². The lowest BCUT2D eigenvalue weighted by Crippen LogP contribution is -2.42. The smallest absolute Gasteiger partial charge is 0.262 e. The lowest BCUT2D eigenvalue weighted by Gasteiger charge is -2.25. The lowest BCUT2D eigenvalue weighted by atomic mass is 10.0. The van der Waals surface area contributed by atoms with E-state index >= 15 is 0 Å². The van der Waals surface area contributed by atoms with E-state index in [0.29, 0.717) is 10.9 Å². The molecule has 0 aliphatic carbocycles. The van der Waals surface area contributed by atoms with E-state index in [1.54, 1.807) is 0 Å². The Morgan fingerprint density at radius 1 is 1.40 bits per heavy atom. The molecule has 0 unspecified atom stereocenters. The second kappa shape index (κ2) is 6.22. The normalized spacial score (nSPS) is 12.3. The molecule has 0 fully saturated rings. The molecule has 1 aromatic rings. The fraction of sp³-hybridized carbons (Fsp3) is 0.417. The van der Waals surface area contributed by atoms with Crippen molar-refractivity contribution in [1.29, 1.82) is 0 Å². The Morgan fingerprint density at radius 3 is 2.40 bits per heavy atom. The van der Waals surface area contributed by atoms with Crippen LogP contribution in [0.15, 0.2) is 21.5 Å². The van der Waals surface area contributed by atoms with E-state index in [2.05, 4.69) is 21.2 Å². The summed E-state index contributed by atoms with van der Waals surface area (Å²) in [6.07, 6.45) is 0.713. The topological polar surface area (TPSA) is 63.2 Å². The first-order valence-corrected chi connectivity index (χ1v) is 9.22. The maximum Gasteiger partial charge on any atom is 0.262 e. The molecule has 0 aliphatic heterocycles. The van der Waals surface area contributed by atoms with Gasteiger partial charge in [0.05, 0.1) is 10.6 Å². The highest BCUT2D eigenvalue weighted by Gasteiger charge is 2.25. The largest absolute Gasteiger partial charge is 0.347 e. The Labute approximate surface area is 136 Å². The van der Waals surface area contributed by atoms with E-state index in [-0.39, 0.29) is 15.5 Å². The van der Waals surface area contributed by atoms with Gasteiger partial charge in [0, 0.05) is 20.7 Å². The van der Waals surface area contributed by atoms with Crippen LogP contribution in [0, 0.1) is 0 Å². The van der Waals surface area contributed by atoms with Gasteiger partial charge >= 0.3 is 0 Å². The first kappa shape index (κ1) is 17.8. The predicted molar refractivity (Wildman–Crippen MR) is 84.0 cm³/mol. The second-order valence-electron chi connectivity index (χ2n) is 4.89. The van der Waals surface area contributed by atoms with Crippen LogP contribution in [0.2, 0.25) is 5.02 Å². The van der Waals surface area contributed by atoms with Crippen LogP contribution in [0.5, 0.6) is 0 Å². The van der Waals surface area contributed by atoms with Gasteiger partial charge in [0.1, 0.15) is 4.90 Å². The molecule has 0 atom stereocenters. The van der Waals surface area contributed by atoms with E-state index in [1.807, 2.05) is 20.8 Å². The maximum atomic E-state index is 12.2. The summed E-state index contributed by atoms with van der Waals surface area (Å²) in [5, 5.41) is 2.60. The molecule has 1 aromatic carbocycles. The van der Waals surface area contributed by atoms with E-state index in [9.17, 15) is 13.2 Å². The summed E-state index contributed by atoms with van der Waals surface area (Å²) in [6.45, 7) is 5.64. The zero-order valence-electron chi connectivity index (χ0n) is 11.1. The quantitative estimate of drug-likeness (QED) is 0.775. The number of carbonyl (C=O) groups excluding carboxylic acids is 1. The Bertz CT molecular complexity index is 644. The molecule has 112 valence electrons. The zero-order valence-corrected chi connectivity index (χ0v) is 15.0. The molecule has 4 nitrogen and oxygen atoms in total. The summed E-state index contributed by atoms with van der Waals surface area (Å²) in [5.74, 6) is -0.454. The molecule has 0 aromatic heterocycles. The van der Waals surface area contributed by atoms with Crippen LogP contribution >= 0.6 is 38.2 Å². The van der Waals surface area contributed by atoms with Gasteiger partial charge in [-0.1, -0.05) is 34.5 Å². The number of halogens is 3. The SMILES string of the molecule is CCC(C)(C)NC(=O)c1cc(Br)cc(S(=O)(=O)Cl)c1Cl. The Kier molecular flexibility index (Phi) is 5.52. The van der Waals surface area contributed by atoms with Gasteiger partial charge in [-0.2, -0.15) is 0 Å². The number of hydrogen-bond donors (Lipinski definition) is 1. The number of benzene rings is 1. The Hall–Kier alpha value is -0.300. The first-order valence-electron chi connectivity index (χ1n) is 5.74. The predicted octanol–water partition coefficient (Wildman–Crippen LogP) is 3.95. The van der Waals surface area contributed by atoms with Crippen molar-refractivity contribution in [2.45, 2.75) is 37.6 Å². The van der Waals surface area contributed by atoms with Gasteiger partial charge in [-0.25, -0.2) is 8.42 Å². The average Bonchev–Trinajstić information content (AvgIpc) is 2.29. The molecule has 0 aliphatic rings. The fourth-order valence-electron chi connectivity index (χ4n) is 1.37. The average molecular weight is 403 g/mol. The van der Waals surface area contributed by atoms with Gasteiger partial charge in [0.25, 0.3) is 15.0 Å². The Balaban J connectivity index is 3.33. The van der Waals surface area contributed by atoms with Crippen LogP contribution in [0.1, 0.15) is 37.6 Å². The van der Waals surface area contributed by atoms with E-state index in [0.717, 1.165) is 0 Å². The van der Waals surface area contributed by atoms with E-state index in [1.165, 1.54) is 12.1 Å². The van der Waals surface area contributed by atoms with Crippen LogP contribution in [0.3, 0.4) is 0 Å². The van der Waals surface area contributed by atoms with Crippen molar-refractivity contribution in [3.05, 3.63) is 27.2 Å². The summed E-state index contributed by atoms with van der Waals surface area (Å²) < 4.78 is 23.3. The van der Waals surface area contributed by atoms with Gasteiger partial charge in [0.15, 0.2) is 0 Å². The molecule has 0 heterocycles. The standard InChI is InChI=1S/C12H14BrCl2NO3S/c1-4-12(2,3)16-11(17)8-5-7(13)6-9(10(8)14)20(15,18)19/h5-6H,4H2,1-3H3,(H,16,17). The molecular weight excluding hydrogens is 389 g/mol. The number of amides is 1. The highest BCUT2D eigenvalue weighted by Crippen LogP contribution is 2.32. The molecule has 1 amide bonds. The van der Waals surface area contributed by atoms with Gasteiger partial charge in [-0.05, 0) is 32.4 Å². The number of carbonyl (C=O) groups is 1. The van der Waals surface area contributed by atoms with Crippen LogP contribution < -0.4 is 5.32 Å². The van der Waals surface area contributed by atoms with Crippen LogP contribution in [0.4, 0.5) is 0 Å². The second-order valence-corrected chi connectivity index (χ2v) is 8.72. The van der Waals surface area contributed by atoms with Crippen molar-refractivity contribution in [2.24, 2.45) is 0 Å². The van der Waals surface area contributed by atoms with Gasteiger partial charge in [0.2, 0.25) is 0 Å².